The van der Waals surface area contributed by atoms with E-state index in [2.05, 4.69) is 22.2 Å². The minimum atomic E-state index is -3.48. The molecule has 1 aliphatic heterocycles. The van der Waals surface area contributed by atoms with Crippen LogP contribution in [-0.2, 0) is 14.6 Å². The molecule has 1 heterocycles. The lowest BCUT2D eigenvalue weighted by Crippen LogP contribution is -2.48. The number of piperazine rings is 1. The minimum absolute atomic E-state index is 0.0533. The quantitative estimate of drug-likeness (QED) is 0.697. The van der Waals surface area contributed by atoms with Crippen molar-refractivity contribution in [3.05, 3.63) is 65.7 Å². The van der Waals surface area contributed by atoms with Crippen molar-refractivity contribution in [3.63, 3.8) is 0 Å². The Labute approximate surface area is 179 Å². The average Bonchev–Trinajstić information content (AvgIpc) is 2.74. The third-order valence-electron chi connectivity index (χ3n) is 5.55. The molecule has 0 aliphatic carbocycles. The van der Waals surface area contributed by atoms with E-state index in [0.29, 0.717) is 6.54 Å². The summed E-state index contributed by atoms with van der Waals surface area (Å²) in [6, 6.07) is 16.5. The smallest absolute Gasteiger partial charge is 0.221 e. The van der Waals surface area contributed by atoms with Crippen molar-refractivity contribution in [1.82, 2.24) is 15.1 Å². The summed E-state index contributed by atoms with van der Waals surface area (Å²) in [5.74, 6) is -0.438. The molecule has 0 saturated carbocycles. The lowest BCUT2D eigenvalue weighted by molar-refractivity contribution is -0.121. The van der Waals surface area contributed by atoms with Crippen LogP contribution in [0.3, 0.4) is 0 Å². The van der Waals surface area contributed by atoms with Crippen LogP contribution in [0.15, 0.2) is 59.5 Å². The number of rotatable bonds is 8. The van der Waals surface area contributed by atoms with E-state index >= 15 is 0 Å². The molecule has 1 amide bonds. The highest BCUT2D eigenvalue weighted by Gasteiger charge is 2.22. The molecule has 3 rings (SSSR count). The summed E-state index contributed by atoms with van der Waals surface area (Å²) < 4.78 is 25.1. The number of carbonyl (C=O) groups is 1. The van der Waals surface area contributed by atoms with Gasteiger partial charge < -0.3 is 10.2 Å². The zero-order valence-electron chi connectivity index (χ0n) is 17.8. The summed E-state index contributed by atoms with van der Waals surface area (Å²) in [5.41, 5.74) is 2.03. The predicted molar refractivity (Wildman–Crippen MR) is 119 cm³/mol. The number of hydrogen-bond donors (Lipinski definition) is 1. The van der Waals surface area contributed by atoms with Crippen LogP contribution in [0.25, 0.3) is 0 Å². The van der Waals surface area contributed by atoms with Crippen molar-refractivity contribution in [1.29, 1.82) is 0 Å². The second-order valence-corrected chi connectivity index (χ2v) is 10.1. The van der Waals surface area contributed by atoms with Gasteiger partial charge in [-0.1, -0.05) is 48.0 Å². The van der Waals surface area contributed by atoms with E-state index in [1.165, 1.54) is 0 Å². The molecule has 1 N–H and O–H groups in total. The Bertz CT molecular complexity index is 922. The van der Waals surface area contributed by atoms with Gasteiger partial charge in [0, 0.05) is 39.1 Å². The van der Waals surface area contributed by atoms with Gasteiger partial charge in [0.15, 0.2) is 9.84 Å². The number of hydrogen-bond acceptors (Lipinski definition) is 5. The summed E-state index contributed by atoms with van der Waals surface area (Å²) in [5, 5.41) is 3.07. The van der Waals surface area contributed by atoms with Gasteiger partial charge in [-0.2, -0.15) is 0 Å². The molecule has 2 aromatic carbocycles. The van der Waals surface area contributed by atoms with E-state index in [1.54, 1.807) is 24.3 Å². The summed E-state index contributed by atoms with van der Waals surface area (Å²) >= 11 is 0. The molecule has 1 aliphatic rings. The van der Waals surface area contributed by atoms with Gasteiger partial charge in [0.2, 0.25) is 5.91 Å². The minimum Gasteiger partial charge on any atom is -0.348 e. The Morgan fingerprint density at radius 1 is 1.00 bits per heavy atom. The summed E-state index contributed by atoms with van der Waals surface area (Å²) in [7, 11) is -1.37. The highest BCUT2D eigenvalue weighted by Crippen LogP contribution is 2.17. The maximum Gasteiger partial charge on any atom is 0.221 e. The molecule has 1 saturated heterocycles. The number of benzene rings is 2. The summed E-state index contributed by atoms with van der Waals surface area (Å²) in [4.78, 5) is 17.6. The Morgan fingerprint density at radius 3 is 2.27 bits per heavy atom. The molecule has 2 aromatic rings. The normalized spacial score (nSPS) is 16.9. The molecule has 1 fully saturated rings. The third kappa shape index (κ3) is 6.39. The van der Waals surface area contributed by atoms with Crippen LogP contribution < -0.4 is 5.32 Å². The van der Waals surface area contributed by atoms with Gasteiger partial charge in [0.1, 0.15) is 0 Å². The number of nitrogens with one attached hydrogen (secondary N) is 1. The van der Waals surface area contributed by atoms with Crippen LogP contribution >= 0.6 is 0 Å². The number of nitrogens with zero attached hydrogens (tertiary/aromatic N) is 2. The highest BCUT2D eigenvalue weighted by atomic mass is 32.2. The van der Waals surface area contributed by atoms with Gasteiger partial charge in [0.05, 0.1) is 16.7 Å². The summed E-state index contributed by atoms with van der Waals surface area (Å²) in [6.45, 7) is 6.55. The van der Waals surface area contributed by atoms with E-state index in [-0.39, 0.29) is 29.0 Å². The maximum absolute atomic E-state index is 12.7. The van der Waals surface area contributed by atoms with Crippen molar-refractivity contribution >= 4 is 15.7 Å². The van der Waals surface area contributed by atoms with Crippen molar-refractivity contribution in [2.75, 3.05) is 45.5 Å². The second kappa shape index (κ2) is 10.2. The number of amides is 1. The van der Waals surface area contributed by atoms with E-state index in [4.69, 9.17) is 0 Å². The molecule has 7 heteroatoms. The highest BCUT2D eigenvalue weighted by molar-refractivity contribution is 7.91. The zero-order chi connectivity index (χ0) is 21.6. The third-order valence-corrected chi connectivity index (χ3v) is 7.28. The van der Waals surface area contributed by atoms with Gasteiger partial charge in [-0.15, -0.1) is 0 Å². The first-order chi connectivity index (χ1) is 14.3. The molecule has 6 nitrogen and oxygen atoms in total. The number of aryl methyl sites for hydroxylation is 1. The van der Waals surface area contributed by atoms with Gasteiger partial charge in [-0.25, -0.2) is 8.42 Å². The van der Waals surface area contributed by atoms with Gasteiger partial charge in [-0.3, -0.25) is 9.69 Å². The molecule has 30 heavy (non-hydrogen) atoms. The molecular formula is C23H31N3O3S. The maximum atomic E-state index is 12.7. The second-order valence-electron chi connectivity index (χ2n) is 8.02. The summed E-state index contributed by atoms with van der Waals surface area (Å²) in [6.07, 6.45) is -0.0533. The Balaban J connectivity index is 1.62. The number of carbonyl (C=O) groups excluding carboxylic acids is 1. The molecule has 0 bridgehead atoms. The monoisotopic (exact) mass is 429 g/mol. The van der Waals surface area contributed by atoms with Gasteiger partial charge in [-0.05, 0) is 31.7 Å². The van der Waals surface area contributed by atoms with Crippen molar-refractivity contribution in [2.24, 2.45) is 0 Å². The van der Waals surface area contributed by atoms with E-state index in [9.17, 15) is 13.2 Å². The Kier molecular flexibility index (Phi) is 7.64. The average molecular weight is 430 g/mol. The first-order valence-electron chi connectivity index (χ1n) is 10.4. The van der Waals surface area contributed by atoms with Crippen LogP contribution in [0.1, 0.15) is 23.6 Å². The Hall–Kier alpha value is -2.22. The van der Waals surface area contributed by atoms with Crippen molar-refractivity contribution in [3.8, 4) is 0 Å². The van der Waals surface area contributed by atoms with E-state index < -0.39 is 9.84 Å². The van der Waals surface area contributed by atoms with Gasteiger partial charge >= 0.3 is 0 Å². The zero-order valence-corrected chi connectivity index (χ0v) is 18.6. The molecule has 0 aromatic heterocycles. The topological polar surface area (TPSA) is 69.7 Å². The lowest BCUT2D eigenvalue weighted by atomic mass is 10.1. The number of sulfone groups is 1. The van der Waals surface area contributed by atoms with Gasteiger partial charge in [0.25, 0.3) is 0 Å². The molecule has 0 spiro atoms. The van der Waals surface area contributed by atoms with Crippen LogP contribution in [0.5, 0.6) is 0 Å². The predicted octanol–water partition coefficient (Wildman–Crippen LogP) is 2.26. The fraction of sp³-hybridized carbons (Fsp3) is 0.435. The first-order valence-corrected chi connectivity index (χ1v) is 12.0. The number of likely N-dealkylation sites (N-methyl/N-ethyl adjacent to an activating group) is 1. The first kappa shape index (κ1) is 22.5. The van der Waals surface area contributed by atoms with E-state index in [1.807, 2.05) is 37.3 Å². The molecule has 1 unspecified atom stereocenters. The largest absolute Gasteiger partial charge is 0.348 e. The van der Waals surface area contributed by atoms with Crippen molar-refractivity contribution in [2.45, 2.75) is 24.3 Å². The lowest BCUT2D eigenvalue weighted by Gasteiger charge is -2.35. The fourth-order valence-corrected chi connectivity index (χ4v) is 4.81. The molecule has 162 valence electrons. The van der Waals surface area contributed by atoms with Crippen LogP contribution in [0, 0.1) is 6.92 Å². The standard InChI is InChI=1S/C23H31N3O3S/c1-19-8-10-21(11-9-19)30(28,29)17-12-23(27)24-22(20-6-4-3-5-7-20)18-26-15-13-25(2)14-16-26/h3-11,22H,12-18H2,1-2H3,(H,24,27). The van der Waals surface area contributed by atoms with Crippen LogP contribution in [-0.4, -0.2) is 69.6 Å². The van der Waals surface area contributed by atoms with Crippen LogP contribution in [0.4, 0.5) is 0 Å². The van der Waals surface area contributed by atoms with E-state index in [0.717, 1.165) is 37.3 Å². The Morgan fingerprint density at radius 2 is 1.63 bits per heavy atom. The fourth-order valence-electron chi connectivity index (χ4n) is 3.57. The molecule has 0 radical (unpaired) electrons. The van der Waals surface area contributed by atoms with Crippen molar-refractivity contribution < 1.29 is 13.2 Å². The molecular weight excluding hydrogens is 398 g/mol. The van der Waals surface area contributed by atoms with Crippen LogP contribution in [0.2, 0.25) is 0 Å². The molecule has 1 atom stereocenters. The SMILES string of the molecule is Cc1ccc(S(=O)(=O)CCC(=O)NC(CN2CCN(C)CC2)c2ccccc2)cc1.